The minimum Gasteiger partial charge on any atom is -0.249 e. The summed E-state index contributed by atoms with van der Waals surface area (Å²) in [6.07, 6.45) is 2.66. The van der Waals surface area contributed by atoms with Crippen LogP contribution in [0.1, 0.15) is 30.5 Å². The maximum Gasteiger partial charge on any atom is 0.139 e. The van der Waals surface area contributed by atoms with Crippen molar-refractivity contribution >= 4 is 11.8 Å². The van der Waals surface area contributed by atoms with Crippen LogP contribution in [0.4, 0.5) is 0 Å². The van der Waals surface area contributed by atoms with Gasteiger partial charge in [0.2, 0.25) is 0 Å². The molecule has 0 amide bonds. The van der Waals surface area contributed by atoms with Crippen LogP contribution in [-0.4, -0.2) is 20.5 Å². The first-order chi connectivity index (χ1) is 8.81. The van der Waals surface area contributed by atoms with Crippen molar-refractivity contribution in [2.75, 3.05) is 5.75 Å². The summed E-state index contributed by atoms with van der Waals surface area (Å²) in [6.45, 7) is 5.26. The van der Waals surface area contributed by atoms with Crippen LogP contribution in [0.5, 0.6) is 0 Å². The van der Waals surface area contributed by atoms with Gasteiger partial charge in [0, 0.05) is 6.54 Å². The van der Waals surface area contributed by atoms with Crippen LogP contribution in [0.3, 0.4) is 0 Å². The van der Waals surface area contributed by atoms with Gasteiger partial charge in [-0.2, -0.15) is 16.9 Å². The van der Waals surface area contributed by atoms with Crippen LogP contribution >= 0.6 is 11.8 Å². The molecule has 2 aromatic rings. The zero-order valence-electron chi connectivity index (χ0n) is 10.9. The highest BCUT2D eigenvalue weighted by atomic mass is 32.2. The van der Waals surface area contributed by atoms with Crippen LogP contribution < -0.4 is 0 Å². The molecule has 0 radical (unpaired) electrons. The van der Waals surface area contributed by atoms with E-state index in [0.717, 1.165) is 24.5 Å². The Kier molecular flexibility index (Phi) is 4.81. The predicted molar refractivity (Wildman–Crippen MR) is 76.7 cm³/mol. The lowest BCUT2D eigenvalue weighted by atomic mass is 10.1. The molecule has 0 unspecified atom stereocenters. The summed E-state index contributed by atoms with van der Waals surface area (Å²) in [5.41, 5.74) is 1.34. The highest BCUT2D eigenvalue weighted by Crippen LogP contribution is 2.25. The van der Waals surface area contributed by atoms with Crippen molar-refractivity contribution in [3.8, 4) is 0 Å². The summed E-state index contributed by atoms with van der Waals surface area (Å²) < 4.78 is 2.03. The Bertz CT molecular complexity index is 467. The van der Waals surface area contributed by atoms with Crippen molar-refractivity contribution in [3.05, 3.63) is 48.0 Å². The number of aryl methyl sites for hydroxylation is 2. The average Bonchev–Trinajstić information content (AvgIpc) is 2.86. The fraction of sp³-hybridized carbons (Fsp3) is 0.429. The molecule has 96 valence electrons. The molecule has 0 saturated carbocycles. The molecule has 0 aliphatic heterocycles. The van der Waals surface area contributed by atoms with Crippen LogP contribution in [0, 0.1) is 0 Å². The average molecular weight is 261 g/mol. The molecule has 3 nitrogen and oxygen atoms in total. The normalized spacial score (nSPS) is 12.6. The van der Waals surface area contributed by atoms with Gasteiger partial charge in [-0.05, 0) is 24.7 Å². The van der Waals surface area contributed by atoms with Crippen LogP contribution in [0.15, 0.2) is 36.7 Å². The molecule has 18 heavy (non-hydrogen) atoms. The van der Waals surface area contributed by atoms with E-state index in [1.165, 1.54) is 5.56 Å². The van der Waals surface area contributed by atoms with Crippen molar-refractivity contribution < 1.29 is 0 Å². The molecule has 4 heteroatoms. The summed E-state index contributed by atoms with van der Waals surface area (Å²) in [4.78, 5) is 4.38. The van der Waals surface area contributed by atoms with Crippen molar-refractivity contribution in [2.24, 2.45) is 0 Å². The molecule has 0 fully saturated rings. The van der Waals surface area contributed by atoms with Gasteiger partial charge >= 0.3 is 0 Å². The lowest BCUT2D eigenvalue weighted by molar-refractivity contribution is 0.580. The summed E-state index contributed by atoms with van der Waals surface area (Å²) in [5.74, 6) is 2.19. The number of hydrogen-bond donors (Lipinski definition) is 0. The van der Waals surface area contributed by atoms with Gasteiger partial charge in [-0.15, -0.1) is 0 Å². The second-order valence-corrected chi connectivity index (χ2v) is 5.79. The molecule has 0 saturated heterocycles. The van der Waals surface area contributed by atoms with Gasteiger partial charge < -0.3 is 0 Å². The molecule has 2 rings (SSSR count). The van der Waals surface area contributed by atoms with E-state index in [1.54, 1.807) is 6.33 Å². The number of nitrogens with zero attached hydrogens (tertiary/aromatic N) is 3. The molecular weight excluding hydrogens is 242 g/mol. The monoisotopic (exact) mass is 261 g/mol. The fourth-order valence-electron chi connectivity index (χ4n) is 1.96. The Balaban J connectivity index is 2.00. The lowest BCUT2D eigenvalue weighted by Gasteiger charge is -2.11. The van der Waals surface area contributed by atoms with Crippen LogP contribution in [0.2, 0.25) is 0 Å². The lowest BCUT2D eigenvalue weighted by Crippen LogP contribution is -2.09. The number of aromatic nitrogens is 3. The zero-order valence-corrected chi connectivity index (χ0v) is 11.7. The van der Waals surface area contributed by atoms with Crippen molar-refractivity contribution in [2.45, 2.75) is 32.1 Å². The Morgan fingerprint density at radius 2 is 2.06 bits per heavy atom. The molecule has 0 aliphatic carbocycles. The van der Waals surface area contributed by atoms with Gasteiger partial charge in [0.1, 0.15) is 12.2 Å². The summed E-state index contributed by atoms with van der Waals surface area (Å²) in [5, 5.41) is 4.74. The highest BCUT2D eigenvalue weighted by molar-refractivity contribution is 7.99. The molecule has 1 atom stereocenters. The minimum atomic E-state index is 0.410. The Morgan fingerprint density at radius 1 is 1.28 bits per heavy atom. The largest absolute Gasteiger partial charge is 0.249 e. The van der Waals surface area contributed by atoms with Crippen molar-refractivity contribution in [3.63, 3.8) is 0 Å². The van der Waals surface area contributed by atoms with Gasteiger partial charge in [0.05, 0.1) is 5.25 Å². The van der Waals surface area contributed by atoms with E-state index in [2.05, 4.69) is 48.2 Å². The smallest absolute Gasteiger partial charge is 0.139 e. The fourth-order valence-corrected chi connectivity index (χ4v) is 2.80. The van der Waals surface area contributed by atoms with E-state index in [4.69, 9.17) is 0 Å². The minimum absolute atomic E-state index is 0.410. The Hall–Kier alpha value is -1.29. The molecule has 1 aromatic carbocycles. The first-order valence-electron chi connectivity index (χ1n) is 6.34. The number of hydrogen-bond acceptors (Lipinski definition) is 3. The molecular formula is C14H19N3S. The van der Waals surface area contributed by atoms with E-state index in [1.807, 2.05) is 22.5 Å². The van der Waals surface area contributed by atoms with E-state index in [0.29, 0.717) is 5.25 Å². The molecule has 1 aromatic heterocycles. The third-order valence-electron chi connectivity index (χ3n) is 2.88. The maximum absolute atomic E-state index is 4.38. The van der Waals surface area contributed by atoms with E-state index >= 15 is 0 Å². The Morgan fingerprint density at radius 3 is 2.78 bits per heavy atom. The first-order valence-corrected chi connectivity index (χ1v) is 7.39. The van der Waals surface area contributed by atoms with E-state index < -0.39 is 0 Å². The van der Waals surface area contributed by atoms with Gasteiger partial charge in [-0.25, -0.2) is 9.67 Å². The third kappa shape index (κ3) is 3.35. The summed E-state index contributed by atoms with van der Waals surface area (Å²) in [6, 6.07) is 10.5. The molecule has 0 N–H and O–H groups in total. The number of rotatable bonds is 6. The van der Waals surface area contributed by atoms with Gasteiger partial charge in [0.15, 0.2) is 0 Å². The zero-order chi connectivity index (χ0) is 12.8. The van der Waals surface area contributed by atoms with Gasteiger partial charge in [-0.3, -0.25) is 0 Å². The molecule has 0 bridgehead atoms. The topological polar surface area (TPSA) is 30.7 Å². The summed E-state index contributed by atoms with van der Waals surface area (Å²) in [7, 11) is 0. The van der Waals surface area contributed by atoms with Crippen LogP contribution in [-0.2, 0) is 13.0 Å². The predicted octanol–water partition coefficient (Wildman–Crippen LogP) is 3.33. The van der Waals surface area contributed by atoms with Crippen molar-refractivity contribution in [1.82, 2.24) is 14.8 Å². The second-order valence-electron chi connectivity index (χ2n) is 4.17. The number of thioether (sulfide) groups is 1. The van der Waals surface area contributed by atoms with Gasteiger partial charge in [0.25, 0.3) is 0 Å². The maximum atomic E-state index is 4.38. The molecule has 1 heterocycles. The SMILES string of the molecule is CCS[C@H](C)c1ncnn1CCc1ccccc1. The standard InChI is InChI=1S/C14H19N3S/c1-3-18-12(2)14-15-11-16-17(14)10-9-13-7-5-4-6-8-13/h4-8,11-12H,3,9-10H2,1-2H3/t12-/m1/s1. The van der Waals surface area contributed by atoms with E-state index in [-0.39, 0.29) is 0 Å². The highest BCUT2D eigenvalue weighted by Gasteiger charge is 2.12. The third-order valence-corrected chi connectivity index (χ3v) is 3.93. The second kappa shape index (κ2) is 6.59. The summed E-state index contributed by atoms with van der Waals surface area (Å²) >= 11 is 1.90. The van der Waals surface area contributed by atoms with Gasteiger partial charge in [-0.1, -0.05) is 37.3 Å². The molecule has 0 aliphatic rings. The van der Waals surface area contributed by atoms with Crippen molar-refractivity contribution in [1.29, 1.82) is 0 Å². The van der Waals surface area contributed by atoms with Crippen LogP contribution in [0.25, 0.3) is 0 Å². The quantitative estimate of drug-likeness (QED) is 0.799. The number of benzene rings is 1. The Labute approximate surface area is 113 Å². The first kappa shape index (κ1) is 13.1. The molecule has 0 spiro atoms. The van der Waals surface area contributed by atoms with E-state index in [9.17, 15) is 0 Å².